The molecule has 3 aromatic rings. The highest BCUT2D eigenvalue weighted by atomic mass is 35.5. The smallest absolute Gasteiger partial charge is 0.267 e. The number of nitrogens with one attached hydrogen (secondary N) is 1. The summed E-state index contributed by atoms with van der Waals surface area (Å²) in [4.78, 5) is 28.8. The largest absolute Gasteiger partial charge is 0.323 e. The molecule has 3 rings (SSSR count). The van der Waals surface area contributed by atoms with Gasteiger partial charge in [0, 0.05) is 29.0 Å². The number of benzene rings is 1. The van der Waals surface area contributed by atoms with E-state index >= 15 is 0 Å². The number of anilines is 1. The number of halogens is 2. The molecule has 2 aromatic heterocycles. The van der Waals surface area contributed by atoms with Crippen LogP contribution in [0.15, 0.2) is 59.7 Å². The van der Waals surface area contributed by atoms with Crippen LogP contribution in [0.25, 0.3) is 11.3 Å². The van der Waals surface area contributed by atoms with Crippen LogP contribution in [0.3, 0.4) is 0 Å². The number of rotatable bonds is 4. The van der Waals surface area contributed by atoms with Crippen LogP contribution >= 0.6 is 23.2 Å². The number of carbonyl (C=O) groups excluding carboxylic acids is 1. The van der Waals surface area contributed by atoms with Crippen molar-refractivity contribution in [3.8, 4) is 11.3 Å². The zero-order valence-corrected chi connectivity index (χ0v) is 15.2. The SMILES string of the molecule is CC(C(=O)Nc1cc(Cl)ccc1Cl)n1nc(-c2cccnc2)ccc1=O. The number of hydrogen-bond acceptors (Lipinski definition) is 4. The van der Waals surface area contributed by atoms with Gasteiger partial charge in [0.1, 0.15) is 6.04 Å². The molecule has 2 heterocycles. The standard InChI is InChI=1S/C18H14Cl2N4O2/c1-11(18(26)22-16-9-13(19)4-5-14(16)20)24-17(25)7-6-15(23-24)12-3-2-8-21-10-12/h2-11H,1H3,(H,22,26). The first kappa shape index (κ1) is 18.1. The van der Waals surface area contributed by atoms with Gasteiger partial charge in [-0.15, -0.1) is 0 Å². The summed E-state index contributed by atoms with van der Waals surface area (Å²) in [6.45, 7) is 1.58. The maximum atomic E-state index is 12.6. The fourth-order valence-corrected chi connectivity index (χ4v) is 2.65. The Kier molecular flexibility index (Phi) is 5.35. The first-order chi connectivity index (χ1) is 12.5. The van der Waals surface area contributed by atoms with Crippen LogP contribution in [0, 0.1) is 0 Å². The number of hydrogen-bond donors (Lipinski definition) is 1. The van der Waals surface area contributed by atoms with Gasteiger partial charge in [-0.25, -0.2) is 4.68 Å². The molecule has 0 saturated heterocycles. The van der Waals surface area contributed by atoms with Crippen LogP contribution in [0.1, 0.15) is 13.0 Å². The summed E-state index contributed by atoms with van der Waals surface area (Å²) in [5, 5.41) is 7.74. The molecule has 0 saturated carbocycles. The Morgan fingerprint density at radius 1 is 1.19 bits per heavy atom. The highest BCUT2D eigenvalue weighted by Gasteiger charge is 2.19. The molecule has 0 fully saturated rings. The third-order valence-corrected chi connectivity index (χ3v) is 4.28. The summed E-state index contributed by atoms with van der Waals surface area (Å²) in [5.41, 5.74) is 1.26. The van der Waals surface area contributed by atoms with Crippen molar-refractivity contribution >= 4 is 34.8 Å². The van der Waals surface area contributed by atoms with Gasteiger partial charge in [0.05, 0.1) is 16.4 Å². The van der Waals surface area contributed by atoms with Gasteiger partial charge in [-0.3, -0.25) is 14.6 Å². The quantitative estimate of drug-likeness (QED) is 0.736. The van der Waals surface area contributed by atoms with Crippen molar-refractivity contribution < 1.29 is 4.79 Å². The lowest BCUT2D eigenvalue weighted by Crippen LogP contribution is -2.33. The molecule has 1 atom stereocenters. The fourth-order valence-electron chi connectivity index (χ4n) is 2.31. The molecule has 132 valence electrons. The van der Waals surface area contributed by atoms with Gasteiger partial charge in [0.2, 0.25) is 5.91 Å². The van der Waals surface area contributed by atoms with Crippen LogP contribution in [0.2, 0.25) is 10.0 Å². The number of pyridine rings is 1. The minimum Gasteiger partial charge on any atom is -0.323 e. The Morgan fingerprint density at radius 2 is 2.00 bits per heavy atom. The number of nitrogens with zero attached hydrogens (tertiary/aromatic N) is 3. The zero-order valence-electron chi connectivity index (χ0n) is 13.7. The van der Waals surface area contributed by atoms with E-state index < -0.39 is 17.5 Å². The van der Waals surface area contributed by atoms with Crippen LogP contribution in [0.4, 0.5) is 5.69 Å². The van der Waals surface area contributed by atoms with Crippen molar-refractivity contribution in [1.82, 2.24) is 14.8 Å². The summed E-state index contributed by atoms with van der Waals surface area (Å²) in [7, 11) is 0. The first-order valence-corrected chi connectivity index (χ1v) is 8.47. The van der Waals surface area contributed by atoms with Gasteiger partial charge in [0.15, 0.2) is 0 Å². The predicted molar refractivity (Wildman–Crippen MR) is 102 cm³/mol. The Labute approximate surface area is 159 Å². The number of aromatic nitrogens is 3. The molecule has 0 aliphatic rings. The molecule has 0 radical (unpaired) electrons. The van der Waals surface area contributed by atoms with Gasteiger partial charge in [-0.05, 0) is 43.3 Å². The normalized spacial score (nSPS) is 11.8. The van der Waals surface area contributed by atoms with Crippen molar-refractivity contribution in [2.45, 2.75) is 13.0 Å². The van der Waals surface area contributed by atoms with Crippen molar-refractivity contribution in [2.75, 3.05) is 5.32 Å². The van der Waals surface area contributed by atoms with E-state index in [1.54, 1.807) is 43.6 Å². The van der Waals surface area contributed by atoms with Crippen molar-refractivity contribution in [1.29, 1.82) is 0 Å². The lowest BCUT2D eigenvalue weighted by molar-refractivity contribution is -0.119. The second kappa shape index (κ2) is 7.68. The van der Waals surface area contributed by atoms with Crippen molar-refractivity contribution in [3.05, 3.63) is 75.3 Å². The molecule has 0 bridgehead atoms. The van der Waals surface area contributed by atoms with E-state index in [0.29, 0.717) is 21.4 Å². The fraction of sp³-hybridized carbons (Fsp3) is 0.111. The molecule has 8 heteroatoms. The molecule has 1 amide bonds. The van der Waals surface area contributed by atoms with E-state index in [2.05, 4.69) is 15.4 Å². The van der Waals surface area contributed by atoms with Crippen molar-refractivity contribution in [2.24, 2.45) is 0 Å². The van der Waals surface area contributed by atoms with E-state index in [9.17, 15) is 9.59 Å². The molecule has 1 aromatic carbocycles. The van der Waals surface area contributed by atoms with Crippen LogP contribution in [0.5, 0.6) is 0 Å². The summed E-state index contributed by atoms with van der Waals surface area (Å²) in [6.07, 6.45) is 3.28. The highest BCUT2D eigenvalue weighted by Crippen LogP contribution is 2.26. The topological polar surface area (TPSA) is 76.9 Å². The molecule has 0 aliphatic carbocycles. The summed E-state index contributed by atoms with van der Waals surface area (Å²) in [6, 6.07) is 10.4. The van der Waals surface area contributed by atoms with E-state index in [-0.39, 0.29) is 0 Å². The molecule has 0 aliphatic heterocycles. The average Bonchev–Trinajstić information content (AvgIpc) is 2.65. The number of carbonyl (C=O) groups is 1. The molecule has 26 heavy (non-hydrogen) atoms. The minimum atomic E-state index is -0.853. The lowest BCUT2D eigenvalue weighted by atomic mass is 10.2. The second-order valence-corrected chi connectivity index (χ2v) is 6.38. The maximum Gasteiger partial charge on any atom is 0.267 e. The van der Waals surface area contributed by atoms with Gasteiger partial charge < -0.3 is 5.32 Å². The van der Waals surface area contributed by atoms with Crippen LogP contribution in [-0.4, -0.2) is 20.7 Å². The lowest BCUT2D eigenvalue weighted by Gasteiger charge is -2.15. The van der Waals surface area contributed by atoms with E-state index in [1.807, 2.05) is 6.07 Å². The molecule has 6 nitrogen and oxygen atoms in total. The molecule has 0 spiro atoms. The Balaban J connectivity index is 1.89. The average molecular weight is 389 g/mol. The third kappa shape index (κ3) is 3.92. The summed E-state index contributed by atoms with van der Waals surface area (Å²) < 4.78 is 1.12. The van der Waals surface area contributed by atoms with Crippen LogP contribution in [-0.2, 0) is 4.79 Å². The van der Waals surface area contributed by atoms with E-state index in [1.165, 1.54) is 12.1 Å². The van der Waals surface area contributed by atoms with Gasteiger partial charge in [-0.2, -0.15) is 5.10 Å². The third-order valence-electron chi connectivity index (χ3n) is 3.71. The Bertz CT molecular complexity index is 1010. The van der Waals surface area contributed by atoms with Crippen LogP contribution < -0.4 is 10.9 Å². The highest BCUT2D eigenvalue weighted by molar-refractivity contribution is 6.35. The van der Waals surface area contributed by atoms with E-state index in [0.717, 1.165) is 10.2 Å². The van der Waals surface area contributed by atoms with Gasteiger partial charge in [0.25, 0.3) is 5.56 Å². The Hall–Kier alpha value is -2.70. The predicted octanol–water partition coefficient (Wildman–Crippen LogP) is 3.81. The molecular formula is C18H14Cl2N4O2. The van der Waals surface area contributed by atoms with E-state index in [4.69, 9.17) is 23.2 Å². The first-order valence-electron chi connectivity index (χ1n) is 7.72. The summed E-state index contributed by atoms with van der Waals surface area (Å²) in [5.74, 6) is -0.438. The molecular weight excluding hydrogens is 375 g/mol. The summed E-state index contributed by atoms with van der Waals surface area (Å²) >= 11 is 12.0. The second-order valence-electron chi connectivity index (χ2n) is 5.53. The van der Waals surface area contributed by atoms with Crippen molar-refractivity contribution in [3.63, 3.8) is 0 Å². The maximum absolute atomic E-state index is 12.6. The molecule has 1 unspecified atom stereocenters. The number of amides is 1. The Morgan fingerprint density at radius 3 is 2.73 bits per heavy atom. The van der Waals surface area contributed by atoms with Gasteiger partial charge >= 0.3 is 0 Å². The van der Waals surface area contributed by atoms with Gasteiger partial charge in [-0.1, -0.05) is 23.2 Å². The minimum absolute atomic E-state index is 0.347. The zero-order chi connectivity index (χ0) is 18.7. The molecule has 1 N–H and O–H groups in total. The monoisotopic (exact) mass is 388 g/mol.